The predicted molar refractivity (Wildman–Crippen MR) is 84.2 cm³/mol. The van der Waals surface area contributed by atoms with E-state index in [0.717, 1.165) is 18.0 Å². The van der Waals surface area contributed by atoms with Crippen LogP contribution in [-0.2, 0) is 34.3 Å². The third kappa shape index (κ3) is 3.06. The molecule has 0 saturated carbocycles. The van der Waals surface area contributed by atoms with Crippen molar-refractivity contribution in [2.24, 2.45) is 0 Å². The first-order chi connectivity index (χ1) is 11.4. The molecule has 1 atom stereocenters. The topological polar surface area (TPSA) is 77.3 Å². The molecule has 24 heavy (non-hydrogen) atoms. The quantitative estimate of drug-likeness (QED) is 0.824. The number of nitrogens with zero attached hydrogens (tertiary/aromatic N) is 4. The summed E-state index contributed by atoms with van der Waals surface area (Å²) in [5, 5.41) is 8.25. The van der Waals surface area contributed by atoms with Crippen LogP contribution in [0.2, 0.25) is 0 Å². The first-order valence-corrected chi connectivity index (χ1v) is 9.05. The first-order valence-electron chi connectivity index (χ1n) is 7.61. The molecule has 3 rings (SSSR count). The van der Waals surface area contributed by atoms with E-state index in [0.29, 0.717) is 31.9 Å². The Morgan fingerprint density at radius 1 is 1.25 bits per heavy atom. The molecule has 2 heterocycles. The summed E-state index contributed by atoms with van der Waals surface area (Å²) in [7, 11) is -2.12. The zero-order chi connectivity index (χ0) is 17.3. The molecule has 1 aromatic carbocycles. The van der Waals surface area contributed by atoms with Gasteiger partial charge in [-0.2, -0.15) is 4.31 Å². The molecule has 0 saturated heterocycles. The van der Waals surface area contributed by atoms with Crippen LogP contribution in [-0.4, -0.2) is 47.2 Å². The maximum Gasteiger partial charge on any atom is 0.243 e. The Kier molecular flexibility index (Phi) is 4.66. The van der Waals surface area contributed by atoms with Gasteiger partial charge in [-0.05, 0) is 31.2 Å². The number of hydrogen-bond acceptors (Lipinski definition) is 5. The lowest BCUT2D eigenvalue weighted by molar-refractivity contribution is 0.173. The van der Waals surface area contributed by atoms with Crippen LogP contribution in [0.3, 0.4) is 0 Å². The van der Waals surface area contributed by atoms with Gasteiger partial charge in [0.25, 0.3) is 0 Å². The van der Waals surface area contributed by atoms with Crippen LogP contribution in [0.5, 0.6) is 0 Å². The fourth-order valence-corrected chi connectivity index (χ4v) is 4.52. The number of fused-ring (bicyclic) bond motifs is 1. The molecule has 2 aromatic rings. The lowest BCUT2D eigenvalue weighted by Gasteiger charge is -2.25. The Balaban J connectivity index is 1.89. The van der Waals surface area contributed by atoms with Crippen molar-refractivity contribution in [3.05, 3.63) is 41.7 Å². The number of aromatic nitrogens is 3. The van der Waals surface area contributed by atoms with Crippen LogP contribution in [0.25, 0.3) is 0 Å². The largest absolute Gasteiger partial charge is 0.377 e. The number of sulfonamides is 1. The fourth-order valence-electron chi connectivity index (χ4n) is 2.90. The van der Waals surface area contributed by atoms with Crippen LogP contribution in [0.4, 0.5) is 4.39 Å². The average Bonchev–Trinajstić information content (AvgIpc) is 2.81. The van der Waals surface area contributed by atoms with Crippen LogP contribution < -0.4 is 0 Å². The van der Waals surface area contributed by atoms with Gasteiger partial charge in [0.15, 0.2) is 5.82 Å². The zero-order valence-corrected chi connectivity index (χ0v) is 14.3. The van der Waals surface area contributed by atoms with Gasteiger partial charge >= 0.3 is 0 Å². The number of ether oxygens (including phenoxy) is 1. The third-order valence-corrected chi connectivity index (χ3v) is 6.14. The molecule has 0 unspecified atom stereocenters. The summed E-state index contributed by atoms with van der Waals surface area (Å²) in [6.07, 6.45) is 0.455. The minimum absolute atomic E-state index is 0.0885. The normalized spacial score (nSPS) is 19.0. The highest BCUT2D eigenvalue weighted by atomic mass is 32.2. The van der Waals surface area contributed by atoms with Gasteiger partial charge in [0.2, 0.25) is 10.0 Å². The molecule has 0 amide bonds. The molecule has 0 bridgehead atoms. The van der Waals surface area contributed by atoms with Crippen LogP contribution in [0.1, 0.15) is 18.6 Å². The summed E-state index contributed by atoms with van der Waals surface area (Å²) in [5.74, 6) is 0.959. The van der Waals surface area contributed by atoms with Crippen molar-refractivity contribution < 1.29 is 17.5 Å². The molecule has 0 aliphatic carbocycles. The van der Waals surface area contributed by atoms with E-state index in [1.807, 2.05) is 11.5 Å². The monoisotopic (exact) mass is 354 g/mol. The van der Waals surface area contributed by atoms with Crippen molar-refractivity contribution in [3.8, 4) is 0 Å². The molecule has 0 N–H and O–H groups in total. The average molecular weight is 354 g/mol. The second-order valence-electron chi connectivity index (χ2n) is 5.74. The van der Waals surface area contributed by atoms with Gasteiger partial charge in [0, 0.05) is 32.7 Å². The maximum absolute atomic E-state index is 13.1. The minimum atomic E-state index is -3.70. The SMILES string of the molecule is COCc1nnc2n1CCN(S(=O)(=O)c1ccc(F)cc1)[C@@H](C)C2. The summed E-state index contributed by atoms with van der Waals surface area (Å²) in [6, 6.07) is 4.61. The van der Waals surface area contributed by atoms with Crippen molar-refractivity contribution in [1.82, 2.24) is 19.1 Å². The van der Waals surface area contributed by atoms with E-state index in [1.54, 1.807) is 7.11 Å². The summed E-state index contributed by atoms with van der Waals surface area (Å²) >= 11 is 0. The van der Waals surface area contributed by atoms with Gasteiger partial charge in [0.1, 0.15) is 18.2 Å². The van der Waals surface area contributed by atoms with Crippen molar-refractivity contribution in [1.29, 1.82) is 0 Å². The minimum Gasteiger partial charge on any atom is -0.377 e. The molecule has 1 aliphatic rings. The number of methoxy groups -OCH3 is 1. The van der Waals surface area contributed by atoms with Crippen molar-refractivity contribution in [2.45, 2.75) is 37.4 Å². The van der Waals surface area contributed by atoms with E-state index in [4.69, 9.17) is 4.74 Å². The Morgan fingerprint density at radius 3 is 2.62 bits per heavy atom. The Morgan fingerprint density at radius 2 is 1.96 bits per heavy atom. The van der Waals surface area contributed by atoms with E-state index >= 15 is 0 Å². The predicted octanol–water partition coefficient (Wildman–Crippen LogP) is 1.20. The summed E-state index contributed by atoms with van der Waals surface area (Å²) in [4.78, 5) is 0.0885. The van der Waals surface area contributed by atoms with Gasteiger partial charge in [-0.25, -0.2) is 12.8 Å². The highest BCUT2D eigenvalue weighted by Crippen LogP contribution is 2.23. The second kappa shape index (κ2) is 6.58. The number of halogens is 1. The molecule has 1 aliphatic heterocycles. The van der Waals surface area contributed by atoms with Gasteiger partial charge in [0.05, 0.1) is 4.90 Å². The Bertz CT molecular complexity index is 820. The van der Waals surface area contributed by atoms with Gasteiger partial charge < -0.3 is 9.30 Å². The zero-order valence-electron chi connectivity index (χ0n) is 13.5. The molecular weight excluding hydrogens is 335 g/mol. The summed E-state index contributed by atoms with van der Waals surface area (Å²) in [5.41, 5.74) is 0. The lowest BCUT2D eigenvalue weighted by atomic mass is 10.2. The van der Waals surface area contributed by atoms with Crippen molar-refractivity contribution in [3.63, 3.8) is 0 Å². The van der Waals surface area contributed by atoms with Crippen molar-refractivity contribution in [2.75, 3.05) is 13.7 Å². The van der Waals surface area contributed by atoms with E-state index in [1.165, 1.54) is 16.4 Å². The molecule has 0 fully saturated rings. The Hall–Kier alpha value is -1.84. The molecule has 130 valence electrons. The van der Waals surface area contributed by atoms with Crippen molar-refractivity contribution >= 4 is 10.0 Å². The summed E-state index contributed by atoms with van der Waals surface area (Å²) < 4.78 is 47.3. The van der Waals surface area contributed by atoms with Gasteiger partial charge in [-0.3, -0.25) is 0 Å². The van der Waals surface area contributed by atoms with Crippen LogP contribution >= 0.6 is 0 Å². The fraction of sp³-hybridized carbons (Fsp3) is 0.467. The number of rotatable bonds is 4. The standard InChI is InChI=1S/C15H19FN4O3S/c1-11-9-14-17-18-15(10-23-2)19(14)7-8-20(11)24(21,22)13-5-3-12(16)4-6-13/h3-6,11H,7-10H2,1-2H3/t11-/m0/s1. The van der Waals surface area contributed by atoms with Gasteiger partial charge in [-0.1, -0.05) is 0 Å². The lowest BCUT2D eigenvalue weighted by Crippen LogP contribution is -2.40. The number of hydrogen-bond donors (Lipinski definition) is 0. The molecule has 0 spiro atoms. The molecule has 0 radical (unpaired) electrons. The smallest absolute Gasteiger partial charge is 0.243 e. The summed E-state index contributed by atoms with van der Waals surface area (Å²) in [6.45, 7) is 2.90. The highest BCUT2D eigenvalue weighted by molar-refractivity contribution is 7.89. The molecule has 7 nitrogen and oxygen atoms in total. The van der Waals surface area contributed by atoms with E-state index < -0.39 is 15.8 Å². The van der Waals surface area contributed by atoms with Gasteiger partial charge in [-0.15, -0.1) is 10.2 Å². The highest BCUT2D eigenvalue weighted by Gasteiger charge is 2.33. The first kappa shape index (κ1) is 17.0. The maximum atomic E-state index is 13.1. The molecular formula is C15H19FN4O3S. The number of benzene rings is 1. The molecule has 9 heteroatoms. The van der Waals surface area contributed by atoms with Crippen LogP contribution in [0.15, 0.2) is 29.2 Å². The molecule has 1 aromatic heterocycles. The Labute approximate surface area is 140 Å². The van der Waals surface area contributed by atoms with E-state index in [9.17, 15) is 12.8 Å². The van der Waals surface area contributed by atoms with E-state index in [2.05, 4.69) is 10.2 Å². The second-order valence-corrected chi connectivity index (χ2v) is 7.63. The van der Waals surface area contributed by atoms with Crippen LogP contribution in [0, 0.1) is 5.82 Å². The van der Waals surface area contributed by atoms with E-state index in [-0.39, 0.29) is 10.9 Å². The third-order valence-electron chi connectivity index (χ3n) is 4.11.